The second kappa shape index (κ2) is 4.29. The number of nitrogens with zero attached hydrogens (tertiary/aromatic N) is 1. The topological polar surface area (TPSA) is 29.5 Å². The SMILES string of the molecule is CC1CCC(C(Cl)C(=O)N(C)C)O1. The van der Waals surface area contributed by atoms with Crippen molar-refractivity contribution < 1.29 is 9.53 Å². The third-order valence-corrected chi connectivity index (χ3v) is 2.74. The van der Waals surface area contributed by atoms with Gasteiger partial charge in [0.15, 0.2) is 0 Å². The van der Waals surface area contributed by atoms with Gasteiger partial charge in [-0.1, -0.05) is 0 Å². The molecule has 76 valence electrons. The molecule has 0 N–H and O–H groups in total. The van der Waals surface area contributed by atoms with E-state index in [4.69, 9.17) is 16.3 Å². The lowest BCUT2D eigenvalue weighted by Gasteiger charge is -2.20. The molecule has 1 fully saturated rings. The van der Waals surface area contributed by atoms with Gasteiger partial charge in [0.1, 0.15) is 5.38 Å². The molecule has 3 unspecified atom stereocenters. The maximum atomic E-state index is 11.5. The molecule has 0 bridgehead atoms. The standard InChI is InChI=1S/C9H16ClNO2/c1-6-4-5-7(13-6)8(10)9(12)11(2)3/h6-8H,4-5H2,1-3H3. The monoisotopic (exact) mass is 205 g/mol. The number of carbonyl (C=O) groups excluding carboxylic acids is 1. The Labute approximate surface area is 84.0 Å². The minimum Gasteiger partial charge on any atom is -0.373 e. The molecule has 1 aliphatic heterocycles. The predicted octanol–water partition coefficient (Wildman–Crippen LogP) is 1.25. The molecule has 13 heavy (non-hydrogen) atoms. The first-order valence-electron chi connectivity index (χ1n) is 4.53. The summed E-state index contributed by atoms with van der Waals surface area (Å²) in [5.41, 5.74) is 0. The Balaban J connectivity index is 2.48. The van der Waals surface area contributed by atoms with Crippen molar-refractivity contribution in [1.82, 2.24) is 4.90 Å². The van der Waals surface area contributed by atoms with Crippen LogP contribution in [0.25, 0.3) is 0 Å². The summed E-state index contributed by atoms with van der Waals surface area (Å²) >= 11 is 5.98. The Morgan fingerprint density at radius 2 is 2.15 bits per heavy atom. The van der Waals surface area contributed by atoms with Gasteiger partial charge >= 0.3 is 0 Å². The maximum Gasteiger partial charge on any atom is 0.242 e. The van der Waals surface area contributed by atoms with Crippen LogP contribution < -0.4 is 0 Å². The lowest BCUT2D eigenvalue weighted by Crippen LogP contribution is -2.37. The Bertz CT molecular complexity index is 196. The number of alkyl halides is 1. The summed E-state index contributed by atoms with van der Waals surface area (Å²) in [5, 5.41) is -0.528. The Hall–Kier alpha value is -0.280. The molecule has 1 aliphatic rings. The highest BCUT2D eigenvalue weighted by Crippen LogP contribution is 2.25. The van der Waals surface area contributed by atoms with Gasteiger partial charge in [-0.25, -0.2) is 0 Å². The van der Waals surface area contributed by atoms with Crippen LogP contribution in [0.5, 0.6) is 0 Å². The first-order valence-corrected chi connectivity index (χ1v) is 4.96. The van der Waals surface area contributed by atoms with Crippen LogP contribution in [-0.4, -0.2) is 42.5 Å². The fourth-order valence-electron chi connectivity index (χ4n) is 1.45. The maximum absolute atomic E-state index is 11.5. The van der Waals surface area contributed by atoms with Gasteiger partial charge < -0.3 is 9.64 Å². The Morgan fingerprint density at radius 3 is 2.54 bits per heavy atom. The molecule has 0 aliphatic carbocycles. The number of carbonyl (C=O) groups is 1. The molecule has 0 spiro atoms. The van der Waals surface area contributed by atoms with Crippen molar-refractivity contribution in [3.05, 3.63) is 0 Å². The molecule has 4 heteroatoms. The normalized spacial score (nSPS) is 30.2. The summed E-state index contributed by atoms with van der Waals surface area (Å²) in [7, 11) is 3.41. The highest BCUT2D eigenvalue weighted by atomic mass is 35.5. The zero-order valence-corrected chi connectivity index (χ0v) is 9.04. The zero-order valence-electron chi connectivity index (χ0n) is 8.29. The van der Waals surface area contributed by atoms with Crippen molar-refractivity contribution in [3.63, 3.8) is 0 Å². The van der Waals surface area contributed by atoms with Gasteiger partial charge in [-0.3, -0.25) is 4.79 Å². The molecular weight excluding hydrogens is 190 g/mol. The minimum absolute atomic E-state index is 0.0687. The third-order valence-electron chi connectivity index (χ3n) is 2.27. The van der Waals surface area contributed by atoms with Gasteiger partial charge in [0.05, 0.1) is 12.2 Å². The van der Waals surface area contributed by atoms with Gasteiger partial charge in [-0.2, -0.15) is 0 Å². The van der Waals surface area contributed by atoms with Crippen LogP contribution in [0.15, 0.2) is 0 Å². The second-order valence-electron chi connectivity index (χ2n) is 3.70. The van der Waals surface area contributed by atoms with Crippen molar-refractivity contribution in [2.75, 3.05) is 14.1 Å². The van der Waals surface area contributed by atoms with E-state index >= 15 is 0 Å². The van der Waals surface area contributed by atoms with Crippen molar-refractivity contribution in [3.8, 4) is 0 Å². The smallest absolute Gasteiger partial charge is 0.242 e. The van der Waals surface area contributed by atoms with E-state index in [2.05, 4.69) is 0 Å². The molecule has 3 atom stereocenters. The van der Waals surface area contributed by atoms with E-state index in [1.807, 2.05) is 6.92 Å². The summed E-state index contributed by atoms with van der Waals surface area (Å²) < 4.78 is 5.51. The summed E-state index contributed by atoms with van der Waals surface area (Å²) in [5.74, 6) is -0.0687. The Kier molecular flexibility index (Phi) is 3.56. The number of ether oxygens (including phenoxy) is 1. The lowest BCUT2D eigenvalue weighted by atomic mass is 10.1. The molecule has 0 saturated carbocycles. The van der Waals surface area contributed by atoms with Crippen LogP contribution >= 0.6 is 11.6 Å². The fraction of sp³-hybridized carbons (Fsp3) is 0.889. The van der Waals surface area contributed by atoms with E-state index in [-0.39, 0.29) is 18.1 Å². The van der Waals surface area contributed by atoms with Crippen molar-refractivity contribution in [2.45, 2.75) is 37.4 Å². The summed E-state index contributed by atoms with van der Waals surface area (Å²) in [4.78, 5) is 13.0. The molecule has 1 heterocycles. The van der Waals surface area contributed by atoms with E-state index in [0.29, 0.717) is 0 Å². The molecule has 0 aromatic rings. The Morgan fingerprint density at radius 1 is 1.54 bits per heavy atom. The molecule has 1 rings (SSSR count). The lowest BCUT2D eigenvalue weighted by molar-refractivity contribution is -0.130. The van der Waals surface area contributed by atoms with Gasteiger partial charge in [0.25, 0.3) is 0 Å². The van der Waals surface area contributed by atoms with Crippen LogP contribution in [0, 0.1) is 0 Å². The zero-order chi connectivity index (χ0) is 10.0. The predicted molar refractivity (Wildman–Crippen MR) is 51.9 cm³/mol. The van der Waals surface area contributed by atoms with E-state index in [1.165, 1.54) is 4.90 Å². The van der Waals surface area contributed by atoms with Crippen LogP contribution in [0.3, 0.4) is 0 Å². The van der Waals surface area contributed by atoms with Gasteiger partial charge in [-0.15, -0.1) is 11.6 Å². The second-order valence-corrected chi connectivity index (χ2v) is 4.17. The third kappa shape index (κ3) is 2.58. The number of rotatable bonds is 2. The number of amides is 1. The molecule has 3 nitrogen and oxygen atoms in total. The first-order chi connectivity index (χ1) is 6.02. The highest BCUT2D eigenvalue weighted by molar-refractivity contribution is 6.31. The molecule has 1 saturated heterocycles. The average molecular weight is 206 g/mol. The van der Waals surface area contributed by atoms with E-state index in [9.17, 15) is 4.79 Å². The highest BCUT2D eigenvalue weighted by Gasteiger charge is 2.33. The van der Waals surface area contributed by atoms with Crippen molar-refractivity contribution >= 4 is 17.5 Å². The van der Waals surface area contributed by atoms with Crippen LogP contribution in [0.4, 0.5) is 0 Å². The quantitative estimate of drug-likeness (QED) is 0.635. The summed E-state index contributed by atoms with van der Waals surface area (Å²) in [6, 6.07) is 0. The number of hydrogen-bond donors (Lipinski definition) is 0. The van der Waals surface area contributed by atoms with Crippen LogP contribution in [0.2, 0.25) is 0 Å². The van der Waals surface area contributed by atoms with E-state index in [0.717, 1.165) is 12.8 Å². The van der Waals surface area contributed by atoms with Crippen LogP contribution in [-0.2, 0) is 9.53 Å². The minimum atomic E-state index is -0.528. The number of halogens is 1. The molecule has 0 radical (unpaired) electrons. The van der Waals surface area contributed by atoms with E-state index in [1.54, 1.807) is 14.1 Å². The average Bonchev–Trinajstić information content (AvgIpc) is 2.49. The summed E-state index contributed by atoms with van der Waals surface area (Å²) in [6.07, 6.45) is 2.01. The van der Waals surface area contributed by atoms with Crippen molar-refractivity contribution in [1.29, 1.82) is 0 Å². The molecule has 1 amide bonds. The number of hydrogen-bond acceptors (Lipinski definition) is 2. The molecule has 0 aromatic carbocycles. The molecular formula is C9H16ClNO2. The first kappa shape index (κ1) is 10.8. The van der Waals surface area contributed by atoms with Crippen molar-refractivity contribution in [2.24, 2.45) is 0 Å². The van der Waals surface area contributed by atoms with E-state index < -0.39 is 5.38 Å². The molecule has 0 aromatic heterocycles. The van der Waals surface area contributed by atoms with Gasteiger partial charge in [-0.05, 0) is 19.8 Å². The largest absolute Gasteiger partial charge is 0.373 e. The summed E-state index contributed by atoms with van der Waals surface area (Å²) in [6.45, 7) is 2.00. The van der Waals surface area contributed by atoms with Gasteiger partial charge in [0.2, 0.25) is 5.91 Å². The van der Waals surface area contributed by atoms with Crippen LogP contribution in [0.1, 0.15) is 19.8 Å². The fourth-order valence-corrected chi connectivity index (χ4v) is 1.83. The van der Waals surface area contributed by atoms with Gasteiger partial charge in [0, 0.05) is 14.1 Å².